The molecule has 2 rings (SSSR count). The molecule has 108 valence electrons. The maximum Gasteiger partial charge on any atom is 0.270 e. The van der Waals surface area contributed by atoms with Gasteiger partial charge in [0.2, 0.25) is 0 Å². The van der Waals surface area contributed by atoms with Crippen LogP contribution in [0.2, 0.25) is 0 Å². The van der Waals surface area contributed by atoms with Crippen LogP contribution in [-0.4, -0.2) is 21.8 Å². The number of hydrogen-bond donors (Lipinski definition) is 1. The Labute approximate surface area is 127 Å². The number of unbranched alkanes of at least 4 members (excludes halogenated alkanes) is 1. The van der Waals surface area contributed by atoms with E-state index >= 15 is 0 Å². The Morgan fingerprint density at radius 3 is 2.85 bits per heavy atom. The van der Waals surface area contributed by atoms with Crippen molar-refractivity contribution in [1.29, 1.82) is 0 Å². The zero-order valence-electron chi connectivity index (χ0n) is 12.2. The first kappa shape index (κ1) is 15.0. The van der Waals surface area contributed by atoms with Gasteiger partial charge in [-0.3, -0.25) is 9.20 Å². The Hall–Kier alpha value is -1.36. The van der Waals surface area contributed by atoms with Crippen molar-refractivity contribution in [2.75, 3.05) is 6.54 Å². The standard InChI is InChI=1S/C15H20BrN3O/c1-4-6-7-17-15(20)13-12(5-2)18-14-11(16)8-10(3)9-19(13)14/h8-9H,4-7H2,1-3H3,(H,17,20). The van der Waals surface area contributed by atoms with Crippen LogP contribution in [0.25, 0.3) is 5.65 Å². The van der Waals surface area contributed by atoms with Crippen LogP contribution < -0.4 is 5.32 Å². The number of fused-ring (bicyclic) bond motifs is 1. The first-order valence-electron chi connectivity index (χ1n) is 7.03. The predicted octanol–water partition coefficient (Wildman–Crippen LogP) is 3.50. The molecule has 5 heteroatoms. The lowest BCUT2D eigenvalue weighted by Gasteiger charge is -2.07. The number of nitrogens with one attached hydrogen (secondary N) is 1. The maximum atomic E-state index is 12.4. The largest absolute Gasteiger partial charge is 0.351 e. The Balaban J connectivity index is 2.47. The second kappa shape index (κ2) is 6.39. The van der Waals surface area contributed by atoms with Crippen molar-refractivity contribution >= 4 is 27.5 Å². The Morgan fingerprint density at radius 2 is 2.20 bits per heavy atom. The number of aryl methyl sites for hydroxylation is 2. The number of hydrogen-bond acceptors (Lipinski definition) is 2. The fraction of sp³-hybridized carbons (Fsp3) is 0.467. The minimum Gasteiger partial charge on any atom is -0.351 e. The first-order chi connectivity index (χ1) is 9.58. The third-order valence-electron chi connectivity index (χ3n) is 3.25. The summed E-state index contributed by atoms with van der Waals surface area (Å²) in [5, 5.41) is 2.98. The van der Waals surface area contributed by atoms with Crippen molar-refractivity contribution in [2.24, 2.45) is 0 Å². The highest BCUT2D eigenvalue weighted by atomic mass is 79.9. The lowest BCUT2D eigenvalue weighted by atomic mass is 10.2. The van der Waals surface area contributed by atoms with Crippen LogP contribution in [0, 0.1) is 6.92 Å². The Bertz CT molecular complexity index is 634. The van der Waals surface area contributed by atoms with Crippen molar-refractivity contribution in [2.45, 2.75) is 40.0 Å². The van der Waals surface area contributed by atoms with E-state index in [1.165, 1.54) is 0 Å². The smallest absolute Gasteiger partial charge is 0.270 e. The number of carbonyl (C=O) groups excluding carboxylic acids is 1. The number of halogens is 1. The molecule has 0 fully saturated rings. The number of imidazole rings is 1. The Morgan fingerprint density at radius 1 is 1.45 bits per heavy atom. The summed E-state index contributed by atoms with van der Waals surface area (Å²) < 4.78 is 2.80. The molecule has 0 aliphatic rings. The summed E-state index contributed by atoms with van der Waals surface area (Å²) in [7, 11) is 0. The van der Waals surface area contributed by atoms with Crippen molar-refractivity contribution in [3.05, 3.63) is 33.7 Å². The van der Waals surface area contributed by atoms with Crippen LogP contribution >= 0.6 is 15.9 Å². The van der Waals surface area contributed by atoms with E-state index in [2.05, 4.69) is 33.2 Å². The third kappa shape index (κ3) is 2.87. The fourth-order valence-corrected chi connectivity index (χ4v) is 2.87. The number of amides is 1. The van der Waals surface area contributed by atoms with Crippen LogP contribution in [0.15, 0.2) is 16.7 Å². The van der Waals surface area contributed by atoms with Gasteiger partial charge in [0.25, 0.3) is 5.91 Å². The number of pyridine rings is 1. The number of aromatic nitrogens is 2. The zero-order chi connectivity index (χ0) is 14.7. The van der Waals surface area contributed by atoms with E-state index in [-0.39, 0.29) is 5.91 Å². The van der Waals surface area contributed by atoms with E-state index < -0.39 is 0 Å². The molecular formula is C15H20BrN3O. The molecular weight excluding hydrogens is 318 g/mol. The molecule has 0 bridgehead atoms. The molecule has 0 aromatic carbocycles. The first-order valence-corrected chi connectivity index (χ1v) is 7.83. The molecule has 1 amide bonds. The summed E-state index contributed by atoms with van der Waals surface area (Å²) in [6, 6.07) is 2.01. The molecule has 2 aromatic rings. The summed E-state index contributed by atoms with van der Waals surface area (Å²) in [6.45, 7) is 6.84. The van der Waals surface area contributed by atoms with E-state index in [1.54, 1.807) is 0 Å². The van der Waals surface area contributed by atoms with Gasteiger partial charge in [-0.15, -0.1) is 0 Å². The lowest BCUT2D eigenvalue weighted by molar-refractivity contribution is 0.0946. The number of carbonyl (C=O) groups is 1. The highest BCUT2D eigenvalue weighted by Gasteiger charge is 2.19. The highest BCUT2D eigenvalue weighted by molar-refractivity contribution is 9.10. The van der Waals surface area contributed by atoms with Crippen molar-refractivity contribution in [1.82, 2.24) is 14.7 Å². The number of nitrogens with zero attached hydrogens (tertiary/aromatic N) is 2. The van der Waals surface area contributed by atoms with E-state index in [9.17, 15) is 4.79 Å². The molecule has 4 nitrogen and oxygen atoms in total. The molecule has 2 aromatic heterocycles. The van der Waals surface area contributed by atoms with Crippen LogP contribution in [-0.2, 0) is 6.42 Å². The lowest BCUT2D eigenvalue weighted by Crippen LogP contribution is -2.26. The zero-order valence-corrected chi connectivity index (χ0v) is 13.7. The summed E-state index contributed by atoms with van der Waals surface area (Å²) in [5.41, 5.74) is 3.38. The van der Waals surface area contributed by atoms with E-state index in [0.717, 1.165) is 40.6 Å². The van der Waals surface area contributed by atoms with Gasteiger partial charge in [-0.2, -0.15) is 0 Å². The van der Waals surface area contributed by atoms with Crippen LogP contribution in [0.4, 0.5) is 0 Å². The van der Waals surface area contributed by atoms with Crippen LogP contribution in [0.1, 0.15) is 48.4 Å². The predicted molar refractivity (Wildman–Crippen MR) is 84.2 cm³/mol. The molecule has 0 radical (unpaired) electrons. The molecule has 0 atom stereocenters. The van der Waals surface area contributed by atoms with E-state index in [1.807, 2.05) is 30.5 Å². The summed E-state index contributed by atoms with van der Waals surface area (Å²) >= 11 is 3.52. The molecule has 0 saturated heterocycles. The monoisotopic (exact) mass is 337 g/mol. The Kier molecular flexibility index (Phi) is 4.81. The van der Waals surface area contributed by atoms with Crippen molar-refractivity contribution < 1.29 is 4.79 Å². The third-order valence-corrected chi connectivity index (χ3v) is 3.83. The molecule has 0 unspecified atom stereocenters. The summed E-state index contributed by atoms with van der Waals surface area (Å²) in [4.78, 5) is 17.0. The van der Waals surface area contributed by atoms with Crippen molar-refractivity contribution in [3.8, 4) is 0 Å². The average Bonchev–Trinajstić information content (AvgIpc) is 2.77. The second-order valence-corrected chi connectivity index (χ2v) is 5.78. The van der Waals surface area contributed by atoms with Gasteiger partial charge in [0, 0.05) is 12.7 Å². The summed E-state index contributed by atoms with van der Waals surface area (Å²) in [6.07, 6.45) is 4.76. The molecule has 0 spiro atoms. The summed E-state index contributed by atoms with van der Waals surface area (Å²) in [5.74, 6) is -0.0414. The molecule has 0 aliphatic carbocycles. The topological polar surface area (TPSA) is 46.4 Å². The minimum absolute atomic E-state index is 0.0414. The van der Waals surface area contributed by atoms with Crippen LogP contribution in [0.5, 0.6) is 0 Å². The molecule has 2 heterocycles. The fourth-order valence-electron chi connectivity index (χ4n) is 2.23. The van der Waals surface area contributed by atoms with Gasteiger partial charge in [0.1, 0.15) is 5.69 Å². The van der Waals surface area contributed by atoms with Gasteiger partial charge in [0.05, 0.1) is 10.2 Å². The van der Waals surface area contributed by atoms with Crippen LogP contribution in [0.3, 0.4) is 0 Å². The average molecular weight is 338 g/mol. The van der Waals surface area contributed by atoms with Gasteiger partial charge in [0.15, 0.2) is 5.65 Å². The highest BCUT2D eigenvalue weighted by Crippen LogP contribution is 2.22. The molecule has 0 aliphatic heterocycles. The van der Waals surface area contributed by atoms with Gasteiger partial charge in [-0.25, -0.2) is 4.98 Å². The maximum absolute atomic E-state index is 12.4. The second-order valence-electron chi connectivity index (χ2n) is 4.93. The SMILES string of the molecule is CCCCNC(=O)c1c(CC)nc2c(Br)cc(C)cn12. The van der Waals surface area contributed by atoms with Gasteiger partial charge in [-0.05, 0) is 47.3 Å². The quantitative estimate of drug-likeness (QED) is 0.848. The van der Waals surface area contributed by atoms with Gasteiger partial charge < -0.3 is 5.32 Å². The van der Waals surface area contributed by atoms with Crippen molar-refractivity contribution in [3.63, 3.8) is 0 Å². The number of rotatable bonds is 5. The normalized spacial score (nSPS) is 11.0. The van der Waals surface area contributed by atoms with Gasteiger partial charge >= 0.3 is 0 Å². The van der Waals surface area contributed by atoms with Gasteiger partial charge in [-0.1, -0.05) is 20.3 Å². The minimum atomic E-state index is -0.0414. The van der Waals surface area contributed by atoms with E-state index in [4.69, 9.17) is 0 Å². The van der Waals surface area contributed by atoms with E-state index in [0.29, 0.717) is 12.2 Å². The molecule has 0 saturated carbocycles. The molecule has 20 heavy (non-hydrogen) atoms. The molecule has 1 N–H and O–H groups in total.